The SMILES string of the molecule is CNCC1CCN(C(=O)c2ccc(N3CCCC3)nc2)C1.Cl.Cl. The quantitative estimate of drug-likeness (QED) is 0.893. The fourth-order valence-corrected chi connectivity index (χ4v) is 3.30. The Balaban J connectivity index is 0.00000132. The van der Waals surface area contributed by atoms with Gasteiger partial charge in [-0.1, -0.05) is 0 Å². The molecule has 0 saturated carbocycles. The third kappa shape index (κ3) is 4.72. The molecule has 2 saturated heterocycles. The average Bonchev–Trinajstić information content (AvgIpc) is 3.19. The monoisotopic (exact) mass is 360 g/mol. The third-order valence-electron chi connectivity index (χ3n) is 4.49. The molecule has 2 aliphatic rings. The van der Waals surface area contributed by atoms with Crippen LogP contribution in [-0.4, -0.2) is 55.6 Å². The molecule has 130 valence electrons. The number of nitrogens with one attached hydrogen (secondary N) is 1. The van der Waals surface area contributed by atoms with Crippen molar-refractivity contribution in [2.24, 2.45) is 5.92 Å². The van der Waals surface area contributed by atoms with E-state index in [4.69, 9.17) is 0 Å². The van der Waals surface area contributed by atoms with Gasteiger partial charge in [-0.05, 0) is 50.9 Å². The Kier molecular flexibility index (Phi) is 8.09. The Bertz CT molecular complexity index is 491. The average molecular weight is 361 g/mol. The summed E-state index contributed by atoms with van der Waals surface area (Å²) in [4.78, 5) is 21.2. The van der Waals surface area contributed by atoms with E-state index in [9.17, 15) is 4.79 Å². The number of carbonyl (C=O) groups excluding carboxylic acids is 1. The topological polar surface area (TPSA) is 48.5 Å². The Morgan fingerprint density at radius 1 is 1.26 bits per heavy atom. The van der Waals surface area contributed by atoms with E-state index in [1.165, 1.54) is 12.8 Å². The van der Waals surface area contributed by atoms with Gasteiger partial charge in [-0.15, -0.1) is 24.8 Å². The lowest BCUT2D eigenvalue weighted by atomic mass is 10.1. The van der Waals surface area contributed by atoms with Crippen molar-refractivity contribution in [1.29, 1.82) is 0 Å². The molecule has 1 aromatic heterocycles. The highest BCUT2D eigenvalue weighted by Gasteiger charge is 2.26. The lowest BCUT2D eigenvalue weighted by molar-refractivity contribution is 0.0787. The lowest BCUT2D eigenvalue weighted by Gasteiger charge is -2.18. The molecule has 0 spiro atoms. The van der Waals surface area contributed by atoms with Crippen LogP contribution >= 0.6 is 24.8 Å². The molecule has 0 bridgehead atoms. The fraction of sp³-hybridized carbons (Fsp3) is 0.625. The van der Waals surface area contributed by atoms with Gasteiger partial charge in [-0.3, -0.25) is 4.79 Å². The van der Waals surface area contributed by atoms with Crippen molar-refractivity contribution < 1.29 is 4.79 Å². The van der Waals surface area contributed by atoms with Gasteiger partial charge in [-0.25, -0.2) is 4.98 Å². The van der Waals surface area contributed by atoms with Crippen LogP contribution < -0.4 is 10.2 Å². The summed E-state index contributed by atoms with van der Waals surface area (Å²) in [5.74, 6) is 1.70. The van der Waals surface area contributed by atoms with Gasteiger partial charge >= 0.3 is 0 Å². The predicted octanol–water partition coefficient (Wildman–Crippen LogP) is 2.21. The van der Waals surface area contributed by atoms with Crippen LogP contribution in [-0.2, 0) is 0 Å². The molecule has 1 atom stereocenters. The van der Waals surface area contributed by atoms with Crippen LogP contribution in [0.1, 0.15) is 29.6 Å². The molecule has 0 radical (unpaired) electrons. The van der Waals surface area contributed by atoms with Crippen LogP contribution in [0.5, 0.6) is 0 Å². The Morgan fingerprint density at radius 3 is 2.61 bits per heavy atom. The molecule has 1 amide bonds. The number of rotatable bonds is 4. The maximum Gasteiger partial charge on any atom is 0.255 e. The minimum atomic E-state index is 0. The number of carbonyl (C=O) groups is 1. The van der Waals surface area contributed by atoms with E-state index < -0.39 is 0 Å². The number of hydrogen-bond acceptors (Lipinski definition) is 4. The van der Waals surface area contributed by atoms with E-state index in [2.05, 4.69) is 15.2 Å². The minimum Gasteiger partial charge on any atom is -0.357 e. The Labute approximate surface area is 150 Å². The van der Waals surface area contributed by atoms with Crippen LogP contribution in [0.25, 0.3) is 0 Å². The summed E-state index contributed by atoms with van der Waals surface area (Å²) in [5, 5.41) is 3.19. The van der Waals surface area contributed by atoms with Crippen molar-refractivity contribution in [3.63, 3.8) is 0 Å². The molecule has 1 aromatic rings. The number of anilines is 1. The molecule has 5 nitrogen and oxygen atoms in total. The second kappa shape index (κ2) is 9.30. The molecule has 2 fully saturated rings. The zero-order valence-electron chi connectivity index (χ0n) is 13.5. The summed E-state index contributed by atoms with van der Waals surface area (Å²) in [6, 6.07) is 3.91. The van der Waals surface area contributed by atoms with Gasteiger partial charge in [0, 0.05) is 32.4 Å². The molecule has 3 rings (SSSR count). The van der Waals surface area contributed by atoms with Crippen LogP contribution in [0.15, 0.2) is 18.3 Å². The predicted molar refractivity (Wildman–Crippen MR) is 98.1 cm³/mol. The molecule has 3 heterocycles. The zero-order chi connectivity index (χ0) is 14.7. The number of nitrogens with zero attached hydrogens (tertiary/aromatic N) is 3. The molecule has 0 aromatic carbocycles. The first-order valence-corrected chi connectivity index (χ1v) is 7.93. The van der Waals surface area contributed by atoms with Crippen molar-refractivity contribution in [3.8, 4) is 0 Å². The molecular formula is C16H26Cl2N4O. The Morgan fingerprint density at radius 2 is 2.00 bits per heavy atom. The first kappa shape index (κ1) is 20.0. The van der Waals surface area contributed by atoms with E-state index in [-0.39, 0.29) is 30.7 Å². The van der Waals surface area contributed by atoms with Gasteiger partial charge in [0.05, 0.1) is 5.56 Å². The van der Waals surface area contributed by atoms with Gasteiger partial charge in [0.1, 0.15) is 5.82 Å². The second-order valence-electron chi connectivity index (χ2n) is 6.06. The van der Waals surface area contributed by atoms with Gasteiger partial charge < -0.3 is 15.1 Å². The zero-order valence-corrected chi connectivity index (χ0v) is 15.2. The van der Waals surface area contributed by atoms with E-state index >= 15 is 0 Å². The van der Waals surface area contributed by atoms with Crippen molar-refractivity contribution >= 4 is 36.5 Å². The number of likely N-dealkylation sites (tertiary alicyclic amines) is 1. The molecule has 1 N–H and O–H groups in total. The molecule has 7 heteroatoms. The second-order valence-corrected chi connectivity index (χ2v) is 6.06. The molecular weight excluding hydrogens is 335 g/mol. The van der Waals surface area contributed by atoms with E-state index in [1.54, 1.807) is 6.20 Å². The Hall–Kier alpha value is -1.04. The van der Waals surface area contributed by atoms with E-state index in [0.29, 0.717) is 11.5 Å². The molecule has 2 aliphatic heterocycles. The van der Waals surface area contributed by atoms with E-state index in [1.807, 2.05) is 24.1 Å². The maximum atomic E-state index is 12.5. The normalized spacial score (nSPS) is 20.1. The molecule has 0 aliphatic carbocycles. The van der Waals surface area contributed by atoms with Gasteiger partial charge in [0.15, 0.2) is 0 Å². The van der Waals surface area contributed by atoms with Crippen LogP contribution in [0.4, 0.5) is 5.82 Å². The van der Waals surface area contributed by atoms with Crippen LogP contribution in [0, 0.1) is 5.92 Å². The van der Waals surface area contributed by atoms with Crippen molar-refractivity contribution in [3.05, 3.63) is 23.9 Å². The summed E-state index contributed by atoms with van der Waals surface area (Å²) in [6.07, 6.45) is 5.30. The van der Waals surface area contributed by atoms with Crippen molar-refractivity contribution in [2.75, 3.05) is 44.7 Å². The number of hydrogen-bond donors (Lipinski definition) is 1. The highest BCUT2D eigenvalue weighted by atomic mass is 35.5. The fourth-order valence-electron chi connectivity index (χ4n) is 3.30. The highest BCUT2D eigenvalue weighted by molar-refractivity contribution is 5.94. The summed E-state index contributed by atoms with van der Waals surface area (Å²) in [6.45, 7) is 4.86. The summed E-state index contributed by atoms with van der Waals surface area (Å²) < 4.78 is 0. The van der Waals surface area contributed by atoms with Gasteiger partial charge in [-0.2, -0.15) is 0 Å². The standard InChI is InChI=1S/C16H24N4O.2ClH/c1-17-10-13-6-9-20(12-13)16(21)14-4-5-15(18-11-14)19-7-2-3-8-19;;/h4-5,11,13,17H,2-3,6-10,12H2,1H3;2*1H. The van der Waals surface area contributed by atoms with Gasteiger partial charge in [0.2, 0.25) is 0 Å². The highest BCUT2D eigenvalue weighted by Crippen LogP contribution is 2.20. The molecule has 1 unspecified atom stereocenters. The first-order valence-electron chi connectivity index (χ1n) is 7.93. The first-order chi connectivity index (χ1) is 10.3. The number of amides is 1. The van der Waals surface area contributed by atoms with Crippen molar-refractivity contribution in [1.82, 2.24) is 15.2 Å². The number of aromatic nitrogens is 1. The summed E-state index contributed by atoms with van der Waals surface area (Å²) >= 11 is 0. The van der Waals surface area contributed by atoms with Crippen molar-refractivity contribution in [2.45, 2.75) is 19.3 Å². The maximum absolute atomic E-state index is 12.5. The third-order valence-corrected chi connectivity index (χ3v) is 4.49. The minimum absolute atomic E-state index is 0. The summed E-state index contributed by atoms with van der Waals surface area (Å²) in [7, 11) is 1.96. The number of halogens is 2. The van der Waals surface area contributed by atoms with Crippen LogP contribution in [0.3, 0.4) is 0 Å². The summed E-state index contributed by atoms with van der Waals surface area (Å²) in [5.41, 5.74) is 0.711. The number of pyridine rings is 1. The largest absolute Gasteiger partial charge is 0.357 e. The van der Waals surface area contributed by atoms with Gasteiger partial charge in [0.25, 0.3) is 5.91 Å². The van der Waals surface area contributed by atoms with Crippen LogP contribution in [0.2, 0.25) is 0 Å². The van der Waals surface area contributed by atoms with E-state index in [0.717, 1.165) is 45.0 Å². The molecule has 23 heavy (non-hydrogen) atoms. The smallest absolute Gasteiger partial charge is 0.255 e. The lowest BCUT2D eigenvalue weighted by Crippen LogP contribution is -2.30.